The van der Waals surface area contributed by atoms with E-state index in [-0.39, 0.29) is 18.0 Å². The molecule has 0 spiro atoms. The van der Waals surface area contributed by atoms with Gasteiger partial charge in [-0.25, -0.2) is 0 Å². The van der Waals surface area contributed by atoms with Gasteiger partial charge in [-0.05, 0) is 19.1 Å². The molecular formula is C13H18N2O7. The van der Waals surface area contributed by atoms with E-state index in [0.29, 0.717) is 12.4 Å². The van der Waals surface area contributed by atoms with Crippen LogP contribution in [0.1, 0.15) is 6.92 Å². The van der Waals surface area contributed by atoms with Crippen LogP contribution in [0.4, 0.5) is 11.4 Å². The smallest absolute Gasteiger partial charge is 0.296 e. The second kappa shape index (κ2) is 6.88. The molecular weight excluding hydrogens is 296 g/mol. The lowest BCUT2D eigenvalue weighted by Crippen LogP contribution is -2.55. The minimum Gasteiger partial charge on any atom is -0.494 e. The Kier molecular flexibility index (Phi) is 5.14. The average molecular weight is 314 g/mol. The summed E-state index contributed by atoms with van der Waals surface area (Å²) in [6, 6.07) is 4.22. The maximum absolute atomic E-state index is 11.1. The molecule has 1 aliphatic rings. The van der Waals surface area contributed by atoms with Crippen LogP contribution in [-0.4, -0.2) is 58.0 Å². The second-order valence-electron chi connectivity index (χ2n) is 4.82. The minimum absolute atomic E-state index is 0.112. The lowest BCUT2D eigenvalue weighted by atomic mass is 10.0. The number of benzene rings is 1. The van der Waals surface area contributed by atoms with Gasteiger partial charge in [0, 0.05) is 0 Å². The van der Waals surface area contributed by atoms with E-state index in [0.717, 1.165) is 0 Å². The molecule has 9 nitrogen and oxygen atoms in total. The summed E-state index contributed by atoms with van der Waals surface area (Å²) in [7, 11) is 0. The van der Waals surface area contributed by atoms with Gasteiger partial charge in [0.05, 0.1) is 24.2 Å². The van der Waals surface area contributed by atoms with Crippen molar-refractivity contribution in [3.8, 4) is 5.75 Å². The highest BCUT2D eigenvalue weighted by Crippen LogP contribution is 2.31. The third-order valence-corrected chi connectivity index (χ3v) is 3.28. The van der Waals surface area contributed by atoms with Crippen molar-refractivity contribution in [2.45, 2.75) is 31.5 Å². The summed E-state index contributed by atoms with van der Waals surface area (Å²) >= 11 is 0. The first kappa shape index (κ1) is 16.4. The second-order valence-corrected chi connectivity index (χ2v) is 4.82. The number of aliphatic hydroxyl groups is 3. The van der Waals surface area contributed by atoms with Gasteiger partial charge < -0.3 is 30.1 Å². The molecule has 4 N–H and O–H groups in total. The lowest BCUT2D eigenvalue weighted by Gasteiger charge is -2.35. The quantitative estimate of drug-likeness (QED) is 0.435. The topological polar surface area (TPSA) is 134 Å². The van der Waals surface area contributed by atoms with Crippen LogP contribution < -0.4 is 10.1 Å². The molecule has 0 bridgehead atoms. The monoisotopic (exact) mass is 314 g/mol. The predicted octanol–water partition coefficient (Wildman–Crippen LogP) is -0.156. The van der Waals surface area contributed by atoms with E-state index in [1.807, 2.05) is 0 Å². The number of aliphatic hydroxyl groups excluding tert-OH is 3. The Labute approximate surface area is 126 Å². The molecule has 4 atom stereocenters. The number of anilines is 1. The molecule has 1 aliphatic heterocycles. The average Bonchev–Trinajstić information content (AvgIpc) is 2.49. The number of nitro benzene ring substituents is 1. The third-order valence-electron chi connectivity index (χ3n) is 3.28. The molecule has 9 heteroatoms. The van der Waals surface area contributed by atoms with Crippen LogP contribution in [0.15, 0.2) is 18.2 Å². The van der Waals surface area contributed by atoms with E-state index in [4.69, 9.17) is 9.47 Å². The van der Waals surface area contributed by atoms with Gasteiger partial charge in [-0.2, -0.15) is 0 Å². The molecule has 0 aromatic heterocycles. The van der Waals surface area contributed by atoms with E-state index in [1.165, 1.54) is 12.1 Å². The molecule has 1 aromatic carbocycles. The van der Waals surface area contributed by atoms with E-state index >= 15 is 0 Å². The first-order chi connectivity index (χ1) is 10.4. The fourth-order valence-corrected chi connectivity index (χ4v) is 2.13. The van der Waals surface area contributed by atoms with Crippen molar-refractivity contribution in [1.82, 2.24) is 0 Å². The first-order valence-corrected chi connectivity index (χ1v) is 6.77. The summed E-state index contributed by atoms with van der Waals surface area (Å²) in [5.41, 5.74) is -0.136. The number of nitro groups is 1. The lowest BCUT2D eigenvalue weighted by molar-refractivity contribution is -0.384. The molecule has 0 aliphatic carbocycles. The number of hydrogen-bond acceptors (Lipinski definition) is 8. The van der Waals surface area contributed by atoms with Crippen molar-refractivity contribution in [1.29, 1.82) is 0 Å². The van der Waals surface area contributed by atoms with Crippen molar-refractivity contribution in [2.24, 2.45) is 0 Å². The zero-order valence-corrected chi connectivity index (χ0v) is 11.9. The molecule has 1 unspecified atom stereocenters. The van der Waals surface area contributed by atoms with Crippen LogP contribution in [0.5, 0.6) is 5.75 Å². The molecule has 0 saturated carbocycles. The summed E-state index contributed by atoms with van der Waals surface area (Å²) in [6.07, 6.45) is -5.10. The largest absolute Gasteiger partial charge is 0.494 e. The molecule has 122 valence electrons. The highest BCUT2D eigenvalue weighted by Gasteiger charge is 2.38. The highest BCUT2D eigenvalue weighted by molar-refractivity contribution is 5.64. The highest BCUT2D eigenvalue weighted by atomic mass is 16.6. The van der Waals surface area contributed by atoms with Crippen LogP contribution in [0.25, 0.3) is 0 Å². The van der Waals surface area contributed by atoms with E-state index in [9.17, 15) is 25.4 Å². The molecule has 0 radical (unpaired) electrons. The van der Waals surface area contributed by atoms with Crippen LogP contribution >= 0.6 is 0 Å². The maximum atomic E-state index is 11.1. The zero-order valence-electron chi connectivity index (χ0n) is 11.9. The standard InChI is InChI=1S/C13H18N2O7/c1-2-21-7-3-4-8(9(5-7)15(19)20)14-13-12(18)11(17)10(16)6-22-13/h3-5,10-14,16-18H,2,6H2,1H3/t10-,11+,12-,13?/m1/s1. The fraction of sp³-hybridized carbons (Fsp3) is 0.538. The van der Waals surface area contributed by atoms with Gasteiger partial charge in [-0.1, -0.05) is 0 Å². The Bertz CT molecular complexity index is 539. The Morgan fingerprint density at radius 3 is 2.77 bits per heavy atom. The van der Waals surface area contributed by atoms with Crippen molar-refractivity contribution >= 4 is 11.4 Å². The molecule has 1 fully saturated rings. The first-order valence-electron chi connectivity index (χ1n) is 6.77. The Morgan fingerprint density at radius 1 is 1.41 bits per heavy atom. The Balaban J connectivity index is 2.20. The van der Waals surface area contributed by atoms with Crippen LogP contribution in [0.2, 0.25) is 0 Å². The normalized spacial score (nSPS) is 28.2. The summed E-state index contributed by atoms with van der Waals surface area (Å²) in [5.74, 6) is 0.348. The van der Waals surface area contributed by atoms with E-state index in [2.05, 4.69) is 5.32 Å². The number of hydrogen-bond donors (Lipinski definition) is 4. The fourth-order valence-electron chi connectivity index (χ4n) is 2.13. The van der Waals surface area contributed by atoms with Gasteiger partial charge in [-0.15, -0.1) is 0 Å². The third kappa shape index (κ3) is 3.45. The van der Waals surface area contributed by atoms with Gasteiger partial charge in [0.1, 0.15) is 29.7 Å². The van der Waals surface area contributed by atoms with E-state index in [1.54, 1.807) is 13.0 Å². The molecule has 2 rings (SSSR count). The molecule has 1 heterocycles. The SMILES string of the molecule is CCOc1ccc(NC2OC[C@@H](O)[C@H](O)[C@H]2O)c([N+](=O)[O-])c1. The zero-order chi connectivity index (χ0) is 16.3. The van der Waals surface area contributed by atoms with Crippen LogP contribution in [-0.2, 0) is 4.74 Å². The van der Waals surface area contributed by atoms with Gasteiger partial charge >= 0.3 is 0 Å². The van der Waals surface area contributed by atoms with Crippen LogP contribution in [0.3, 0.4) is 0 Å². The molecule has 1 saturated heterocycles. The number of rotatable bonds is 5. The van der Waals surface area contributed by atoms with Crippen molar-refractivity contribution in [3.05, 3.63) is 28.3 Å². The van der Waals surface area contributed by atoms with Gasteiger partial charge in [-0.3, -0.25) is 10.1 Å². The summed E-state index contributed by atoms with van der Waals surface area (Å²) < 4.78 is 10.4. The number of ether oxygens (including phenoxy) is 2. The Hall–Kier alpha value is -1.94. The van der Waals surface area contributed by atoms with Crippen LogP contribution in [0, 0.1) is 10.1 Å². The summed E-state index contributed by atoms with van der Waals surface area (Å²) in [6.45, 7) is 1.94. The molecule has 0 amide bonds. The minimum atomic E-state index is -1.42. The molecule has 22 heavy (non-hydrogen) atoms. The number of nitrogens with one attached hydrogen (secondary N) is 1. The summed E-state index contributed by atoms with van der Waals surface area (Å²) in [4.78, 5) is 10.5. The van der Waals surface area contributed by atoms with Gasteiger partial charge in [0.2, 0.25) is 0 Å². The Morgan fingerprint density at radius 2 is 2.14 bits per heavy atom. The van der Waals surface area contributed by atoms with Gasteiger partial charge in [0.15, 0.2) is 6.23 Å². The molecule has 1 aromatic rings. The van der Waals surface area contributed by atoms with Crippen molar-refractivity contribution in [2.75, 3.05) is 18.5 Å². The van der Waals surface area contributed by atoms with Gasteiger partial charge in [0.25, 0.3) is 5.69 Å². The predicted molar refractivity (Wildman–Crippen MR) is 75.6 cm³/mol. The van der Waals surface area contributed by atoms with E-state index < -0.39 is 29.5 Å². The summed E-state index contributed by atoms with van der Waals surface area (Å²) in [5, 5.41) is 42.6. The van der Waals surface area contributed by atoms with Crippen molar-refractivity contribution < 1.29 is 29.7 Å². The van der Waals surface area contributed by atoms with Crippen molar-refractivity contribution in [3.63, 3.8) is 0 Å². The number of nitrogens with zero attached hydrogens (tertiary/aromatic N) is 1. The maximum Gasteiger partial charge on any atom is 0.296 e.